The fourth-order valence-electron chi connectivity index (χ4n) is 7.97. The van der Waals surface area contributed by atoms with Crippen LogP contribution in [0.2, 0.25) is 0 Å². The van der Waals surface area contributed by atoms with Gasteiger partial charge in [0.1, 0.15) is 22.8 Å². The Morgan fingerprint density at radius 2 is 1.29 bits per heavy atom. The van der Waals surface area contributed by atoms with Gasteiger partial charge in [0.15, 0.2) is 0 Å². The van der Waals surface area contributed by atoms with Crippen LogP contribution in [0.15, 0.2) is 161 Å². The number of ether oxygens (including phenoxy) is 2. The van der Waals surface area contributed by atoms with E-state index in [-0.39, 0.29) is 15.4 Å². The first-order valence-corrected chi connectivity index (χ1v) is 21.6. The molecule has 2 aliphatic carbocycles. The third kappa shape index (κ3) is 8.06. The number of hydrogen-bond acceptors (Lipinski definition) is 4. The molecule has 0 aromatic heterocycles. The molecule has 290 valence electrons. The minimum atomic E-state index is -3.65. The molecule has 0 radical (unpaired) electrons. The molecule has 1 atom stereocenters. The first-order valence-electron chi connectivity index (χ1n) is 20.1. The molecule has 5 heteroatoms. The second-order valence-electron chi connectivity index (χ2n) is 15.5. The third-order valence-corrected chi connectivity index (χ3v) is 12.6. The summed E-state index contributed by atoms with van der Waals surface area (Å²) in [4.78, 5) is 0.510. The highest BCUT2D eigenvalue weighted by atomic mass is 32.2. The van der Waals surface area contributed by atoms with Crippen LogP contribution in [0.1, 0.15) is 114 Å². The number of hydrogen-bond donors (Lipinski definition) is 0. The maximum atomic E-state index is 13.4. The van der Waals surface area contributed by atoms with Crippen LogP contribution in [-0.4, -0.2) is 14.0 Å². The van der Waals surface area contributed by atoms with Crippen LogP contribution in [0.3, 0.4) is 0 Å². The number of benzene rings is 5. The average Bonchev–Trinajstić information content (AvgIpc) is 3.32. The zero-order chi connectivity index (χ0) is 40.1. The quantitative estimate of drug-likeness (QED) is 0.119. The van der Waals surface area contributed by atoms with Crippen LogP contribution in [0.5, 0.6) is 17.2 Å². The van der Waals surface area contributed by atoms with Gasteiger partial charge in [-0.3, -0.25) is 0 Å². The third-order valence-electron chi connectivity index (χ3n) is 10.8. The van der Waals surface area contributed by atoms with Gasteiger partial charge in [0.25, 0.3) is 0 Å². The fraction of sp³-hybridized carbons (Fsp3) is 0.294. The van der Waals surface area contributed by atoms with E-state index in [2.05, 4.69) is 114 Å². The Morgan fingerprint density at radius 1 is 0.750 bits per heavy atom. The summed E-state index contributed by atoms with van der Waals surface area (Å²) in [6.45, 7) is 19.1. The van der Waals surface area contributed by atoms with Crippen molar-refractivity contribution in [1.29, 1.82) is 0 Å². The van der Waals surface area contributed by atoms with Gasteiger partial charge in [0, 0.05) is 0 Å². The van der Waals surface area contributed by atoms with Crippen LogP contribution in [0, 0.1) is 0 Å². The lowest BCUT2D eigenvalue weighted by Gasteiger charge is -2.35. The predicted octanol–water partition coefficient (Wildman–Crippen LogP) is 13.8. The van der Waals surface area contributed by atoms with Crippen LogP contribution >= 0.6 is 0 Å². The molecular formula is C51H56O4S. The molecule has 0 aliphatic heterocycles. The Balaban J connectivity index is 0.00000262. The van der Waals surface area contributed by atoms with Gasteiger partial charge in [-0.2, -0.15) is 0 Å². The van der Waals surface area contributed by atoms with E-state index >= 15 is 0 Å². The molecule has 0 saturated carbocycles. The SMILES string of the molecule is C=C1CC=CC2=C(C1)c1ccccc1C2(c1ccc(Oc2ccc(S(=O)(=O)c3ccc(C(C)C)cc3)cc2)cc1)c1ccc(OC(C)(C)CCCC)cc1.CC. The maximum absolute atomic E-state index is 13.4. The van der Waals surface area contributed by atoms with Gasteiger partial charge < -0.3 is 9.47 Å². The van der Waals surface area contributed by atoms with E-state index in [4.69, 9.17) is 9.47 Å². The normalized spacial score (nSPS) is 16.5. The first kappa shape index (κ1) is 40.5. The number of sulfone groups is 1. The van der Waals surface area contributed by atoms with Crippen molar-refractivity contribution in [2.75, 3.05) is 0 Å². The van der Waals surface area contributed by atoms with Gasteiger partial charge in [-0.25, -0.2) is 8.42 Å². The molecule has 2 aliphatic rings. The lowest BCUT2D eigenvalue weighted by Crippen LogP contribution is -2.30. The Bertz CT molecular complexity index is 2310. The summed E-state index contributed by atoms with van der Waals surface area (Å²) in [7, 11) is -3.65. The summed E-state index contributed by atoms with van der Waals surface area (Å²) in [5.74, 6) is 2.42. The molecule has 0 spiro atoms. The highest BCUT2D eigenvalue weighted by molar-refractivity contribution is 7.91. The highest BCUT2D eigenvalue weighted by Gasteiger charge is 2.47. The lowest BCUT2D eigenvalue weighted by molar-refractivity contribution is 0.0967. The Morgan fingerprint density at radius 3 is 1.86 bits per heavy atom. The van der Waals surface area contributed by atoms with Crippen molar-refractivity contribution in [3.63, 3.8) is 0 Å². The highest BCUT2D eigenvalue weighted by Crippen LogP contribution is 2.57. The Kier molecular flexibility index (Phi) is 12.3. The van der Waals surface area contributed by atoms with Gasteiger partial charge in [-0.05, 0) is 145 Å². The van der Waals surface area contributed by atoms with Crippen LogP contribution in [0.25, 0.3) is 5.57 Å². The number of allylic oxidation sites excluding steroid dienone is 5. The van der Waals surface area contributed by atoms with Gasteiger partial charge in [0.2, 0.25) is 9.84 Å². The summed E-state index contributed by atoms with van der Waals surface area (Å²) in [6, 6.07) is 39.6. The molecule has 0 heterocycles. The largest absolute Gasteiger partial charge is 0.488 e. The van der Waals surface area contributed by atoms with Crippen LogP contribution in [0.4, 0.5) is 0 Å². The van der Waals surface area contributed by atoms with E-state index in [9.17, 15) is 8.42 Å². The molecule has 0 saturated heterocycles. The first-order chi connectivity index (χ1) is 26.9. The summed E-state index contributed by atoms with van der Waals surface area (Å²) >= 11 is 0. The van der Waals surface area contributed by atoms with Crippen molar-refractivity contribution in [3.8, 4) is 17.2 Å². The molecule has 0 fully saturated rings. The molecule has 56 heavy (non-hydrogen) atoms. The Hall–Kier alpha value is -5.13. The van der Waals surface area contributed by atoms with E-state index in [1.54, 1.807) is 36.4 Å². The molecular weight excluding hydrogens is 709 g/mol. The van der Waals surface area contributed by atoms with Crippen molar-refractivity contribution in [1.82, 2.24) is 0 Å². The second kappa shape index (κ2) is 16.9. The molecule has 0 N–H and O–H groups in total. The average molecular weight is 765 g/mol. The van der Waals surface area contributed by atoms with E-state index in [1.807, 2.05) is 38.1 Å². The van der Waals surface area contributed by atoms with Crippen LogP contribution in [-0.2, 0) is 15.3 Å². The van der Waals surface area contributed by atoms with E-state index in [0.717, 1.165) is 49.0 Å². The van der Waals surface area contributed by atoms with Crippen LogP contribution < -0.4 is 9.47 Å². The zero-order valence-electron chi connectivity index (χ0n) is 34.1. The van der Waals surface area contributed by atoms with Gasteiger partial charge in [-0.1, -0.05) is 126 Å². The maximum Gasteiger partial charge on any atom is 0.206 e. The van der Waals surface area contributed by atoms with E-state index < -0.39 is 15.3 Å². The number of fused-ring (bicyclic) bond motifs is 2. The standard InChI is InChI=1S/C49H50O4S.C2H6/c1-7-8-32-48(5,6)53-41-24-20-38(21-25-41)49(46-14-10-9-13-44(46)45-33-35(4)12-11-15-47(45)49)37-18-22-39(23-19-37)52-40-26-30-43(31-27-40)54(50,51)42-28-16-36(17-29-42)34(2)3;1-2/h9-11,13-31,34H,4,7-8,12,32-33H2,1-3,5-6H3;1-2H3. The van der Waals surface area contributed by atoms with Crippen molar-refractivity contribution in [2.24, 2.45) is 0 Å². The van der Waals surface area contributed by atoms with Crippen molar-refractivity contribution in [3.05, 3.63) is 179 Å². The summed E-state index contributed by atoms with van der Waals surface area (Å²) < 4.78 is 39.6. The zero-order valence-corrected chi connectivity index (χ0v) is 34.9. The minimum absolute atomic E-state index is 0.230. The monoisotopic (exact) mass is 764 g/mol. The molecule has 0 bridgehead atoms. The Labute approximate surface area is 335 Å². The molecule has 0 amide bonds. The summed E-state index contributed by atoms with van der Waals surface area (Å²) in [5.41, 5.74) is 8.87. The molecule has 5 aromatic carbocycles. The summed E-state index contributed by atoms with van der Waals surface area (Å²) in [6.07, 6.45) is 9.50. The number of rotatable bonds is 12. The number of unbranched alkanes of at least 4 members (excludes halogenated alkanes) is 1. The van der Waals surface area contributed by atoms with Gasteiger partial charge in [-0.15, -0.1) is 0 Å². The topological polar surface area (TPSA) is 52.6 Å². The van der Waals surface area contributed by atoms with Crippen molar-refractivity contribution in [2.45, 2.75) is 107 Å². The van der Waals surface area contributed by atoms with E-state index in [0.29, 0.717) is 17.4 Å². The molecule has 7 rings (SSSR count). The molecule has 4 nitrogen and oxygen atoms in total. The smallest absolute Gasteiger partial charge is 0.206 e. The minimum Gasteiger partial charge on any atom is -0.488 e. The predicted molar refractivity (Wildman–Crippen MR) is 232 cm³/mol. The molecule has 5 aromatic rings. The molecule has 1 unspecified atom stereocenters. The fourth-order valence-corrected chi connectivity index (χ4v) is 9.23. The van der Waals surface area contributed by atoms with Crippen molar-refractivity contribution >= 4 is 15.4 Å². The lowest BCUT2D eigenvalue weighted by atomic mass is 9.66. The van der Waals surface area contributed by atoms with Gasteiger partial charge >= 0.3 is 0 Å². The summed E-state index contributed by atoms with van der Waals surface area (Å²) in [5, 5.41) is 0. The van der Waals surface area contributed by atoms with Gasteiger partial charge in [0.05, 0.1) is 15.2 Å². The van der Waals surface area contributed by atoms with E-state index in [1.165, 1.54) is 33.4 Å². The second-order valence-corrected chi connectivity index (χ2v) is 17.5. The van der Waals surface area contributed by atoms with Crippen molar-refractivity contribution < 1.29 is 17.9 Å².